The summed E-state index contributed by atoms with van der Waals surface area (Å²) in [6.07, 6.45) is 6.92. The van der Waals surface area contributed by atoms with Crippen molar-refractivity contribution >= 4 is 23.6 Å². The van der Waals surface area contributed by atoms with Gasteiger partial charge in [-0.25, -0.2) is 0 Å². The van der Waals surface area contributed by atoms with Gasteiger partial charge in [-0.15, -0.1) is 0 Å². The third kappa shape index (κ3) is 15.1. The Balaban J connectivity index is 0.000000241. The highest BCUT2D eigenvalue weighted by Crippen LogP contribution is 2.32. The van der Waals surface area contributed by atoms with Crippen LogP contribution >= 0.6 is 0 Å². The fourth-order valence-corrected chi connectivity index (χ4v) is 12.4. The molecular weight excluding hydrogens is 801 g/mol. The third-order valence-electron chi connectivity index (χ3n) is 12.9. The van der Waals surface area contributed by atoms with E-state index in [0.717, 1.165) is 51.4 Å². The topological polar surface area (TPSA) is 165 Å². The van der Waals surface area contributed by atoms with Gasteiger partial charge in [-0.1, -0.05) is 12.1 Å². The van der Waals surface area contributed by atoms with E-state index >= 15 is 0 Å². The van der Waals surface area contributed by atoms with Crippen molar-refractivity contribution < 1.29 is 19.2 Å². The van der Waals surface area contributed by atoms with Crippen molar-refractivity contribution in [3.05, 3.63) is 70.8 Å². The number of hydrogen-bond donors (Lipinski definition) is 8. The first-order valence-corrected chi connectivity index (χ1v) is 23.7. The lowest BCUT2D eigenvalue weighted by Gasteiger charge is -2.46. The normalized spacial score (nSPS) is 24.5. The molecule has 0 saturated carbocycles. The van der Waals surface area contributed by atoms with Gasteiger partial charge in [0, 0.05) is 90.7 Å². The molecule has 4 aliphatic heterocycles. The van der Waals surface area contributed by atoms with E-state index < -0.39 is 0 Å². The molecule has 8 N–H and O–H groups in total. The monoisotopic (exact) mass is 885 g/mol. The second-order valence-corrected chi connectivity index (χ2v) is 25.0. The van der Waals surface area contributed by atoms with Crippen LogP contribution in [0.2, 0.25) is 0 Å². The van der Waals surface area contributed by atoms with Crippen molar-refractivity contribution in [1.82, 2.24) is 42.5 Å². The zero-order valence-electron chi connectivity index (χ0n) is 42.2. The maximum Gasteiger partial charge on any atom is 0.251 e. The lowest BCUT2D eigenvalue weighted by Crippen LogP contribution is -2.62. The molecular formula is C52H84N8O4. The van der Waals surface area contributed by atoms with Gasteiger partial charge < -0.3 is 42.5 Å². The first-order chi connectivity index (χ1) is 29.1. The Morgan fingerprint density at radius 2 is 0.500 bits per heavy atom. The van der Waals surface area contributed by atoms with Crippen LogP contribution in [0.1, 0.15) is 204 Å². The van der Waals surface area contributed by atoms with Gasteiger partial charge in [0.1, 0.15) is 0 Å². The fraction of sp³-hybridized carbons (Fsp3) is 0.692. The molecule has 0 atom stereocenters. The van der Waals surface area contributed by atoms with Gasteiger partial charge in [-0.3, -0.25) is 19.2 Å². The predicted octanol–water partition coefficient (Wildman–Crippen LogP) is 7.53. The largest absolute Gasteiger partial charge is 0.349 e. The Morgan fingerprint density at radius 3 is 0.656 bits per heavy atom. The molecule has 4 aliphatic rings. The van der Waals surface area contributed by atoms with E-state index in [-0.39, 0.29) is 92.1 Å². The van der Waals surface area contributed by atoms with Crippen molar-refractivity contribution in [3.8, 4) is 0 Å². The van der Waals surface area contributed by atoms with Crippen LogP contribution < -0.4 is 42.5 Å². The minimum atomic E-state index is -0.123. The van der Waals surface area contributed by atoms with Crippen molar-refractivity contribution in [3.63, 3.8) is 0 Å². The number of rotatable bonds is 8. The quantitative estimate of drug-likeness (QED) is 0.135. The number of carbonyl (C=O) groups excluding carboxylic acids is 4. The van der Waals surface area contributed by atoms with Gasteiger partial charge in [0.25, 0.3) is 23.6 Å². The summed E-state index contributed by atoms with van der Waals surface area (Å²) < 4.78 is 0. The first kappa shape index (κ1) is 51.1. The second-order valence-electron chi connectivity index (χ2n) is 25.0. The fourth-order valence-electron chi connectivity index (χ4n) is 12.4. The van der Waals surface area contributed by atoms with Gasteiger partial charge in [-0.05, 0) is 199 Å². The number of amides is 4. The zero-order valence-corrected chi connectivity index (χ0v) is 42.2. The summed E-state index contributed by atoms with van der Waals surface area (Å²) in [5.41, 5.74) is 1.75. The van der Waals surface area contributed by atoms with Crippen LogP contribution in [0.25, 0.3) is 0 Å². The molecule has 4 fully saturated rings. The SMILES string of the molecule is CC1(C)CC(NC(=O)c2cccc(C(=O)NC3CC(C)(C)NC(C)(C)C3)c2)CC(C)(C)N1.CC1(C)CC(NC(=O)c2cccc(C(=O)NC3CC(C)(C)NC(C)(C)C3)c2)CC(C)(C)N1. The molecule has 0 spiro atoms. The minimum absolute atomic E-state index is 0.0438. The Hall–Kier alpha value is -3.84. The molecule has 64 heavy (non-hydrogen) atoms. The number of nitrogens with one attached hydrogen (secondary N) is 8. The van der Waals surface area contributed by atoms with Gasteiger partial charge in [0.15, 0.2) is 0 Å². The summed E-state index contributed by atoms with van der Waals surface area (Å²) in [7, 11) is 0. The Labute approximate surface area is 385 Å². The van der Waals surface area contributed by atoms with E-state index in [1.54, 1.807) is 48.5 Å². The Kier molecular flexibility index (Phi) is 14.7. The van der Waals surface area contributed by atoms with E-state index in [1.165, 1.54) is 0 Å². The number of piperidine rings is 4. The molecule has 2 aromatic carbocycles. The summed E-state index contributed by atoms with van der Waals surface area (Å²) >= 11 is 0. The van der Waals surface area contributed by atoms with Crippen LogP contribution in [-0.2, 0) is 0 Å². The minimum Gasteiger partial charge on any atom is -0.349 e. The van der Waals surface area contributed by atoms with E-state index in [4.69, 9.17) is 0 Å². The highest BCUT2D eigenvalue weighted by Gasteiger charge is 2.42. The average Bonchev–Trinajstić information content (AvgIpc) is 3.06. The third-order valence-corrected chi connectivity index (χ3v) is 12.9. The lowest BCUT2D eigenvalue weighted by atomic mass is 9.79. The maximum absolute atomic E-state index is 13.0. The molecule has 6 rings (SSSR count). The van der Waals surface area contributed by atoms with Crippen molar-refractivity contribution in [2.24, 2.45) is 0 Å². The molecule has 12 nitrogen and oxygen atoms in total. The molecule has 2 aromatic rings. The van der Waals surface area contributed by atoms with Crippen LogP contribution in [0.5, 0.6) is 0 Å². The Morgan fingerprint density at radius 1 is 0.344 bits per heavy atom. The van der Waals surface area contributed by atoms with E-state index in [1.807, 2.05) is 0 Å². The molecule has 4 amide bonds. The predicted molar refractivity (Wildman–Crippen MR) is 260 cm³/mol. The second kappa shape index (κ2) is 18.4. The molecule has 0 unspecified atom stereocenters. The van der Waals surface area contributed by atoms with Crippen molar-refractivity contribution in [2.75, 3.05) is 0 Å². The summed E-state index contributed by atoms with van der Waals surface area (Å²) in [5.74, 6) is -0.492. The van der Waals surface area contributed by atoms with Crippen LogP contribution in [0.15, 0.2) is 48.5 Å². The molecule has 0 aromatic heterocycles. The van der Waals surface area contributed by atoms with Gasteiger partial charge >= 0.3 is 0 Å². The molecule has 4 heterocycles. The van der Waals surface area contributed by atoms with Crippen molar-refractivity contribution in [1.29, 1.82) is 0 Å². The molecule has 0 radical (unpaired) electrons. The smallest absolute Gasteiger partial charge is 0.251 e. The standard InChI is InChI=1S/2C26H42N4O2/c2*1-23(2)13-19(14-24(3,4)29-23)27-21(31)17-10-9-11-18(12-17)22(32)28-20-15-25(5,6)30-26(7,8)16-20/h2*9-12,19-20,29-30H,13-16H2,1-8H3,(H,27,31)(H,28,32). The molecule has 356 valence electrons. The van der Waals surface area contributed by atoms with Crippen LogP contribution in [0, 0.1) is 0 Å². The van der Waals surface area contributed by atoms with E-state index in [0.29, 0.717) is 22.3 Å². The number of benzene rings is 2. The Bertz CT molecular complexity index is 1690. The van der Waals surface area contributed by atoms with Crippen LogP contribution in [-0.4, -0.2) is 92.1 Å². The van der Waals surface area contributed by atoms with Gasteiger partial charge in [-0.2, -0.15) is 0 Å². The highest BCUT2D eigenvalue weighted by molar-refractivity contribution is 6.00. The molecule has 0 bridgehead atoms. The molecule has 12 heteroatoms. The summed E-state index contributed by atoms with van der Waals surface area (Å²) in [6.45, 7) is 34.7. The summed E-state index contributed by atoms with van der Waals surface area (Å²) in [5, 5.41) is 27.3. The molecule has 4 saturated heterocycles. The van der Waals surface area contributed by atoms with Crippen LogP contribution in [0.4, 0.5) is 0 Å². The molecule has 0 aliphatic carbocycles. The van der Waals surface area contributed by atoms with E-state index in [2.05, 4.69) is 153 Å². The van der Waals surface area contributed by atoms with Crippen LogP contribution in [0.3, 0.4) is 0 Å². The first-order valence-electron chi connectivity index (χ1n) is 23.7. The highest BCUT2D eigenvalue weighted by atomic mass is 16.2. The maximum atomic E-state index is 13.0. The lowest BCUT2D eigenvalue weighted by molar-refractivity contribution is 0.0854. The number of hydrogen-bond acceptors (Lipinski definition) is 8. The summed E-state index contributed by atoms with van der Waals surface area (Å²) in [6, 6.07) is 14.5. The number of carbonyl (C=O) groups is 4. The van der Waals surface area contributed by atoms with Crippen molar-refractivity contribution in [2.45, 2.75) is 231 Å². The summed E-state index contributed by atoms with van der Waals surface area (Å²) in [4.78, 5) is 52.0. The average molecular weight is 885 g/mol. The zero-order chi connectivity index (χ0) is 47.9. The van der Waals surface area contributed by atoms with Gasteiger partial charge in [0.2, 0.25) is 0 Å². The van der Waals surface area contributed by atoms with Gasteiger partial charge in [0.05, 0.1) is 0 Å². The van der Waals surface area contributed by atoms with E-state index in [9.17, 15) is 19.2 Å².